The van der Waals surface area contributed by atoms with Gasteiger partial charge in [0.2, 0.25) is 5.82 Å². The first-order valence-electron chi connectivity index (χ1n) is 6.18. The number of pyridine rings is 1. The third-order valence-corrected chi connectivity index (χ3v) is 2.92. The number of carbonyl (C=O) groups excluding carboxylic acids is 2. The molecule has 0 saturated carbocycles. The summed E-state index contributed by atoms with van der Waals surface area (Å²) in [6.07, 6.45) is -3.55. The Morgan fingerprint density at radius 2 is 2.05 bits per heavy atom. The summed E-state index contributed by atoms with van der Waals surface area (Å²) in [7, 11) is 1.14. The maximum Gasteiger partial charge on any atom is 0.450 e. The van der Waals surface area contributed by atoms with Crippen molar-refractivity contribution in [1.82, 2.24) is 14.7 Å². The Kier molecular flexibility index (Phi) is 4.07. The summed E-state index contributed by atoms with van der Waals surface area (Å²) >= 11 is 0. The molecule has 0 bridgehead atoms. The molecule has 0 saturated heterocycles. The minimum absolute atomic E-state index is 0.00982. The number of aromatic nitrogens is 2. The number of imidazole rings is 1. The van der Waals surface area contributed by atoms with E-state index in [1.54, 1.807) is 0 Å². The lowest BCUT2D eigenvalue weighted by atomic mass is 10.3. The van der Waals surface area contributed by atoms with Crippen LogP contribution >= 0.6 is 0 Å². The summed E-state index contributed by atoms with van der Waals surface area (Å²) in [5, 5.41) is 2.25. The fraction of sp³-hybridized carbons (Fsp3) is 0.308. The Balaban J connectivity index is 2.44. The number of methoxy groups -OCH3 is 1. The predicted octanol–water partition coefficient (Wildman–Crippen LogP) is 1.64. The van der Waals surface area contributed by atoms with Crippen LogP contribution in [0.5, 0.6) is 0 Å². The zero-order valence-electron chi connectivity index (χ0n) is 11.6. The molecule has 2 heterocycles. The molecule has 2 rings (SSSR count). The molecule has 0 aliphatic carbocycles. The van der Waals surface area contributed by atoms with E-state index >= 15 is 0 Å². The van der Waals surface area contributed by atoms with Gasteiger partial charge in [-0.05, 0) is 19.1 Å². The predicted molar refractivity (Wildman–Crippen MR) is 69.1 cm³/mol. The first kappa shape index (κ1) is 15.8. The Bertz CT molecular complexity index is 724. The van der Waals surface area contributed by atoms with Crippen LogP contribution in [-0.4, -0.2) is 34.4 Å². The van der Waals surface area contributed by atoms with E-state index in [-0.39, 0.29) is 5.52 Å². The van der Waals surface area contributed by atoms with E-state index in [9.17, 15) is 22.8 Å². The van der Waals surface area contributed by atoms with Gasteiger partial charge in [-0.3, -0.25) is 9.20 Å². The van der Waals surface area contributed by atoms with E-state index in [0.29, 0.717) is 0 Å². The topological polar surface area (TPSA) is 72.7 Å². The summed E-state index contributed by atoms with van der Waals surface area (Å²) in [6, 6.07) is 3.20. The van der Waals surface area contributed by atoms with Gasteiger partial charge in [0.25, 0.3) is 5.91 Å². The molecule has 0 fully saturated rings. The monoisotopic (exact) mass is 315 g/mol. The second kappa shape index (κ2) is 5.66. The van der Waals surface area contributed by atoms with Crippen LogP contribution in [0, 0.1) is 0 Å². The summed E-state index contributed by atoms with van der Waals surface area (Å²) < 4.78 is 44.1. The molecule has 2 aromatic rings. The summed E-state index contributed by atoms with van der Waals surface area (Å²) in [5.41, 5.74) is -0.423. The van der Waals surface area contributed by atoms with Crippen molar-refractivity contribution in [2.45, 2.75) is 19.1 Å². The largest absolute Gasteiger partial charge is 0.467 e. The van der Waals surface area contributed by atoms with Crippen LogP contribution in [-0.2, 0) is 15.7 Å². The molecule has 22 heavy (non-hydrogen) atoms. The second-order valence-corrected chi connectivity index (χ2v) is 4.46. The molecule has 2 aromatic heterocycles. The Morgan fingerprint density at radius 3 is 2.64 bits per heavy atom. The van der Waals surface area contributed by atoms with Gasteiger partial charge in [0.15, 0.2) is 5.69 Å². The molecule has 0 aromatic carbocycles. The lowest BCUT2D eigenvalue weighted by Crippen LogP contribution is -2.39. The molecule has 6 nitrogen and oxygen atoms in total. The molecule has 0 aliphatic rings. The van der Waals surface area contributed by atoms with Crippen molar-refractivity contribution in [2.75, 3.05) is 7.11 Å². The van der Waals surface area contributed by atoms with E-state index < -0.39 is 35.6 Å². The number of amides is 1. The van der Waals surface area contributed by atoms with Crippen LogP contribution in [0.1, 0.15) is 23.2 Å². The number of nitrogens with zero attached hydrogens (tertiary/aromatic N) is 2. The van der Waals surface area contributed by atoms with E-state index in [1.165, 1.54) is 25.1 Å². The van der Waals surface area contributed by atoms with Crippen LogP contribution in [0.25, 0.3) is 5.52 Å². The highest BCUT2D eigenvalue weighted by molar-refractivity contribution is 6.00. The minimum atomic E-state index is -4.71. The maximum absolute atomic E-state index is 13.0. The number of fused-ring (bicyclic) bond motifs is 1. The van der Waals surface area contributed by atoms with Crippen LogP contribution in [0.2, 0.25) is 0 Å². The second-order valence-electron chi connectivity index (χ2n) is 4.46. The van der Waals surface area contributed by atoms with E-state index in [4.69, 9.17) is 0 Å². The highest BCUT2D eigenvalue weighted by Crippen LogP contribution is 2.30. The third kappa shape index (κ3) is 2.87. The van der Waals surface area contributed by atoms with Crippen molar-refractivity contribution in [1.29, 1.82) is 0 Å². The molecular formula is C13H12F3N3O3. The number of hydrogen-bond donors (Lipinski definition) is 1. The quantitative estimate of drug-likeness (QED) is 0.874. The molecule has 1 atom stereocenters. The number of halogens is 3. The molecule has 0 aliphatic heterocycles. The number of ether oxygens (including phenoxy) is 1. The van der Waals surface area contributed by atoms with Crippen molar-refractivity contribution in [3.63, 3.8) is 0 Å². The molecule has 1 N–H and O–H groups in total. The van der Waals surface area contributed by atoms with Gasteiger partial charge in [0.1, 0.15) is 6.04 Å². The highest BCUT2D eigenvalue weighted by atomic mass is 19.4. The average molecular weight is 315 g/mol. The van der Waals surface area contributed by atoms with Crippen LogP contribution in [0.3, 0.4) is 0 Å². The van der Waals surface area contributed by atoms with E-state index in [2.05, 4.69) is 15.0 Å². The lowest BCUT2D eigenvalue weighted by Gasteiger charge is -2.10. The van der Waals surface area contributed by atoms with Gasteiger partial charge < -0.3 is 10.1 Å². The number of nitrogens with one attached hydrogen (secondary N) is 1. The number of rotatable bonds is 3. The van der Waals surface area contributed by atoms with Gasteiger partial charge in [-0.15, -0.1) is 0 Å². The normalized spacial score (nSPS) is 13.0. The van der Waals surface area contributed by atoms with Gasteiger partial charge in [-0.2, -0.15) is 13.2 Å². The Labute approximate surface area is 122 Å². The Morgan fingerprint density at radius 1 is 1.36 bits per heavy atom. The summed E-state index contributed by atoms with van der Waals surface area (Å²) in [5.74, 6) is -2.82. The molecule has 9 heteroatoms. The van der Waals surface area contributed by atoms with Gasteiger partial charge in [0, 0.05) is 6.20 Å². The zero-order chi connectivity index (χ0) is 16.5. The van der Waals surface area contributed by atoms with Crippen molar-refractivity contribution >= 4 is 17.4 Å². The van der Waals surface area contributed by atoms with E-state index in [0.717, 1.165) is 17.7 Å². The standard InChI is InChI=1S/C13H12F3N3O3/c1-7(11(21)22-2)17-10(20)9-8-5-3-4-6-19(8)12(18-9)13(14,15)16/h3-7H,1-2H3,(H,17,20)/t7-/m1/s1. The fourth-order valence-electron chi connectivity index (χ4n) is 1.91. The van der Waals surface area contributed by atoms with Crippen molar-refractivity contribution in [2.24, 2.45) is 0 Å². The van der Waals surface area contributed by atoms with Gasteiger partial charge in [-0.25, -0.2) is 9.78 Å². The highest BCUT2D eigenvalue weighted by Gasteiger charge is 2.38. The number of hydrogen-bond acceptors (Lipinski definition) is 4. The van der Waals surface area contributed by atoms with Crippen LogP contribution in [0.15, 0.2) is 24.4 Å². The number of alkyl halides is 3. The molecule has 0 unspecified atom stereocenters. The van der Waals surface area contributed by atoms with Gasteiger partial charge in [0.05, 0.1) is 12.6 Å². The molecular weight excluding hydrogens is 303 g/mol. The SMILES string of the molecule is COC(=O)[C@@H](C)NC(=O)c1nc(C(F)(F)F)n2ccccc12. The molecule has 0 spiro atoms. The maximum atomic E-state index is 13.0. The van der Waals surface area contributed by atoms with Crippen LogP contribution in [0.4, 0.5) is 13.2 Å². The zero-order valence-corrected chi connectivity index (χ0v) is 11.6. The molecule has 118 valence electrons. The summed E-state index contributed by atoms with van der Waals surface area (Å²) in [6.45, 7) is 1.35. The first-order chi connectivity index (χ1) is 10.3. The minimum Gasteiger partial charge on any atom is -0.467 e. The molecule has 1 amide bonds. The van der Waals surface area contributed by atoms with E-state index in [1.807, 2.05) is 0 Å². The Hall–Kier alpha value is -2.58. The third-order valence-electron chi connectivity index (χ3n) is 2.92. The number of esters is 1. The first-order valence-corrected chi connectivity index (χ1v) is 6.18. The van der Waals surface area contributed by atoms with Crippen molar-refractivity contribution in [3.8, 4) is 0 Å². The number of carbonyl (C=O) groups is 2. The van der Waals surface area contributed by atoms with Crippen molar-refractivity contribution < 1.29 is 27.5 Å². The lowest BCUT2D eigenvalue weighted by molar-refractivity contribution is -0.145. The fourth-order valence-corrected chi connectivity index (χ4v) is 1.91. The van der Waals surface area contributed by atoms with Crippen LogP contribution < -0.4 is 5.32 Å². The van der Waals surface area contributed by atoms with Crippen molar-refractivity contribution in [3.05, 3.63) is 35.9 Å². The molecule has 0 radical (unpaired) electrons. The van der Waals surface area contributed by atoms with Gasteiger partial charge >= 0.3 is 12.1 Å². The smallest absolute Gasteiger partial charge is 0.450 e. The average Bonchev–Trinajstić information content (AvgIpc) is 2.86. The summed E-state index contributed by atoms with van der Waals surface area (Å²) in [4.78, 5) is 26.7. The van der Waals surface area contributed by atoms with Gasteiger partial charge in [-0.1, -0.05) is 6.07 Å².